The zero-order chi connectivity index (χ0) is 20.5. The number of carbonyl (C=O) groups excluding carboxylic acids is 2. The molecule has 0 saturated heterocycles. The maximum Gasteiger partial charge on any atom is 0.254 e. The Morgan fingerprint density at radius 1 is 1.10 bits per heavy atom. The Hall–Kier alpha value is -2.63. The minimum atomic E-state index is -0.256. The highest BCUT2D eigenvalue weighted by atomic mass is 16.5. The fourth-order valence-electron chi connectivity index (χ4n) is 3.93. The highest BCUT2D eigenvalue weighted by molar-refractivity contribution is 5.99. The van der Waals surface area contributed by atoms with Gasteiger partial charge in [-0.05, 0) is 43.4 Å². The molecule has 0 aliphatic heterocycles. The van der Waals surface area contributed by atoms with Crippen LogP contribution in [0.1, 0.15) is 74.2 Å². The predicted molar refractivity (Wildman–Crippen MR) is 113 cm³/mol. The highest BCUT2D eigenvalue weighted by Gasteiger charge is 2.28. The van der Waals surface area contributed by atoms with Crippen molar-refractivity contribution in [1.82, 2.24) is 10.1 Å². The Balaban J connectivity index is 1.68. The number of aryl methyl sites for hydroxylation is 1. The summed E-state index contributed by atoms with van der Waals surface area (Å²) in [4.78, 5) is 27.5. The average Bonchev–Trinajstić information content (AvgIpc) is 3.26. The van der Waals surface area contributed by atoms with Gasteiger partial charge in [0, 0.05) is 17.7 Å². The number of amides is 2. The van der Waals surface area contributed by atoms with Gasteiger partial charge in [-0.15, -0.1) is 0 Å². The van der Waals surface area contributed by atoms with Crippen LogP contribution < -0.4 is 5.32 Å². The Morgan fingerprint density at radius 2 is 1.86 bits per heavy atom. The third kappa shape index (κ3) is 6.17. The van der Waals surface area contributed by atoms with Crippen LogP contribution in [-0.4, -0.2) is 34.5 Å². The molecule has 0 bridgehead atoms. The van der Waals surface area contributed by atoms with Gasteiger partial charge in [0.1, 0.15) is 12.8 Å². The molecule has 0 unspecified atom stereocenters. The van der Waals surface area contributed by atoms with E-state index in [1.807, 2.05) is 24.3 Å². The van der Waals surface area contributed by atoms with Crippen molar-refractivity contribution >= 4 is 17.6 Å². The van der Waals surface area contributed by atoms with Gasteiger partial charge in [-0.3, -0.25) is 9.59 Å². The van der Waals surface area contributed by atoms with Crippen LogP contribution in [-0.2, 0) is 11.2 Å². The molecule has 0 atom stereocenters. The smallest absolute Gasteiger partial charge is 0.254 e. The fraction of sp³-hybridized carbons (Fsp3) is 0.522. The molecule has 29 heavy (non-hydrogen) atoms. The van der Waals surface area contributed by atoms with E-state index in [9.17, 15) is 9.59 Å². The monoisotopic (exact) mass is 397 g/mol. The largest absolute Gasteiger partial charge is 0.363 e. The van der Waals surface area contributed by atoms with E-state index in [0.29, 0.717) is 11.4 Å². The van der Waals surface area contributed by atoms with Crippen molar-refractivity contribution in [3.05, 3.63) is 47.7 Å². The van der Waals surface area contributed by atoms with Crippen molar-refractivity contribution in [1.29, 1.82) is 0 Å². The van der Waals surface area contributed by atoms with Gasteiger partial charge in [0.05, 0.1) is 0 Å². The van der Waals surface area contributed by atoms with Crippen LogP contribution in [0.3, 0.4) is 0 Å². The number of rotatable bonds is 9. The molecule has 0 spiro atoms. The maximum atomic E-state index is 13.3. The van der Waals surface area contributed by atoms with Crippen molar-refractivity contribution in [3.8, 4) is 0 Å². The van der Waals surface area contributed by atoms with Crippen LogP contribution in [0.5, 0.6) is 0 Å². The molecule has 1 aromatic carbocycles. The standard InChI is InChI=1S/C23H31N3O3/c1-2-3-5-8-18-11-13-19(14-12-18)23(28)26(20-9-6-4-7-10-20)17-22(27)24-21-15-16-29-25-21/h11-16,20H,2-10,17H2,1H3,(H,24,25,27). The van der Waals surface area contributed by atoms with Gasteiger partial charge in [-0.25, -0.2) is 0 Å². The normalized spacial score (nSPS) is 14.5. The number of hydrogen-bond acceptors (Lipinski definition) is 4. The molecule has 2 aromatic rings. The summed E-state index contributed by atoms with van der Waals surface area (Å²) in [6, 6.07) is 9.56. The topological polar surface area (TPSA) is 75.4 Å². The minimum Gasteiger partial charge on any atom is -0.363 e. The van der Waals surface area contributed by atoms with Crippen LogP contribution >= 0.6 is 0 Å². The second kappa shape index (κ2) is 10.8. The lowest BCUT2D eigenvalue weighted by Crippen LogP contribution is -2.45. The Bertz CT molecular complexity index is 765. The van der Waals surface area contributed by atoms with Crippen LogP contribution in [0, 0.1) is 0 Å². The van der Waals surface area contributed by atoms with E-state index in [2.05, 4.69) is 17.4 Å². The molecule has 0 radical (unpaired) electrons. The van der Waals surface area contributed by atoms with Crippen molar-refractivity contribution in [2.75, 3.05) is 11.9 Å². The first-order chi connectivity index (χ1) is 14.2. The second-order valence-electron chi connectivity index (χ2n) is 7.81. The predicted octanol–water partition coefficient (Wildman–Crippen LogP) is 4.82. The van der Waals surface area contributed by atoms with Gasteiger partial charge < -0.3 is 14.7 Å². The lowest BCUT2D eigenvalue weighted by molar-refractivity contribution is -0.117. The van der Waals surface area contributed by atoms with Gasteiger partial charge >= 0.3 is 0 Å². The first kappa shape index (κ1) is 21.1. The molecule has 156 valence electrons. The number of unbranched alkanes of at least 4 members (excludes halogenated alkanes) is 2. The number of benzene rings is 1. The molecule has 1 aliphatic rings. The molecule has 6 heteroatoms. The summed E-state index contributed by atoms with van der Waals surface area (Å²) in [7, 11) is 0. The summed E-state index contributed by atoms with van der Waals surface area (Å²) in [6.07, 6.45) is 11.3. The molecular formula is C23H31N3O3. The molecule has 2 amide bonds. The molecule has 1 saturated carbocycles. The highest BCUT2D eigenvalue weighted by Crippen LogP contribution is 2.24. The summed E-state index contributed by atoms with van der Waals surface area (Å²) in [5.74, 6) is 0.0313. The van der Waals surface area contributed by atoms with Crippen LogP contribution in [0.15, 0.2) is 41.1 Å². The molecule has 6 nitrogen and oxygen atoms in total. The average molecular weight is 398 g/mol. The summed E-state index contributed by atoms with van der Waals surface area (Å²) < 4.78 is 4.75. The number of nitrogens with zero attached hydrogens (tertiary/aromatic N) is 2. The molecule has 1 fully saturated rings. The van der Waals surface area contributed by atoms with Crippen molar-refractivity contribution in [2.45, 2.75) is 70.8 Å². The fourth-order valence-corrected chi connectivity index (χ4v) is 3.93. The van der Waals surface area contributed by atoms with E-state index < -0.39 is 0 Å². The van der Waals surface area contributed by atoms with E-state index in [4.69, 9.17) is 4.52 Å². The van der Waals surface area contributed by atoms with Gasteiger partial charge in [0.2, 0.25) is 5.91 Å². The van der Waals surface area contributed by atoms with Gasteiger partial charge in [-0.2, -0.15) is 0 Å². The summed E-state index contributed by atoms with van der Waals surface area (Å²) >= 11 is 0. The number of nitrogens with one attached hydrogen (secondary N) is 1. The van der Waals surface area contributed by atoms with Crippen molar-refractivity contribution in [3.63, 3.8) is 0 Å². The molecule has 1 N–H and O–H groups in total. The Labute approximate surface area is 172 Å². The zero-order valence-electron chi connectivity index (χ0n) is 17.2. The minimum absolute atomic E-state index is 0.0224. The van der Waals surface area contributed by atoms with E-state index >= 15 is 0 Å². The molecule has 1 aliphatic carbocycles. The second-order valence-corrected chi connectivity index (χ2v) is 7.81. The number of aromatic nitrogens is 1. The number of anilines is 1. The summed E-state index contributed by atoms with van der Waals surface area (Å²) in [5.41, 5.74) is 1.90. The molecular weight excluding hydrogens is 366 g/mol. The van der Waals surface area contributed by atoms with Crippen LogP contribution in [0.4, 0.5) is 5.82 Å². The van der Waals surface area contributed by atoms with E-state index in [-0.39, 0.29) is 24.4 Å². The van der Waals surface area contributed by atoms with Gasteiger partial charge in [0.25, 0.3) is 5.91 Å². The summed E-state index contributed by atoms with van der Waals surface area (Å²) in [6.45, 7) is 2.22. The lowest BCUT2D eigenvalue weighted by Gasteiger charge is -2.34. The van der Waals surface area contributed by atoms with E-state index in [1.54, 1.807) is 11.0 Å². The first-order valence-corrected chi connectivity index (χ1v) is 10.8. The lowest BCUT2D eigenvalue weighted by atomic mass is 9.93. The summed E-state index contributed by atoms with van der Waals surface area (Å²) in [5, 5.41) is 6.41. The Morgan fingerprint density at radius 3 is 2.52 bits per heavy atom. The Kier molecular flexibility index (Phi) is 7.85. The quantitative estimate of drug-likeness (QED) is 0.616. The zero-order valence-corrected chi connectivity index (χ0v) is 17.2. The SMILES string of the molecule is CCCCCc1ccc(C(=O)N(CC(=O)Nc2ccon2)C2CCCCC2)cc1. The van der Waals surface area contributed by atoms with Crippen molar-refractivity contribution < 1.29 is 14.1 Å². The third-order valence-corrected chi connectivity index (χ3v) is 5.57. The van der Waals surface area contributed by atoms with E-state index in [0.717, 1.165) is 32.1 Å². The van der Waals surface area contributed by atoms with Gasteiger partial charge in [-0.1, -0.05) is 56.3 Å². The van der Waals surface area contributed by atoms with Gasteiger partial charge in [0.15, 0.2) is 5.82 Å². The molecule has 1 heterocycles. The number of hydrogen-bond donors (Lipinski definition) is 1. The number of carbonyl (C=O) groups is 2. The van der Waals surface area contributed by atoms with E-state index in [1.165, 1.54) is 37.5 Å². The van der Waals surface area contributed by atoms with Crippen molar-refractivity contribution in [2.24, 2.45) is 0 Å². The van der Waals surface area contributed by atoms with Crippen LogP contribution in [0.2, 0.25) is 0 Å². The third-order valence-electron chi connectivity index (χ3n) is 5.57. The molecule has 3 rings (SSSR count). The first-order valence-electron chi connectivity index (χ1n) is 10.8. The maximum absolute atomic E-state index is 13.3. The van der Waals surface area contributed by atoms with Crippen LogP contribution in [0.25, 0.3) is 0 Å². The molecule has 1 aromatic heterocycles.